The van der Waals surface area contributed by atoms with E-state index in [2.05, 4.69) is 11.9 Å². The Morgan fingerprint density at radius 3 is 0.939 bits per heavy atom. The van der Waals surface area contributed by atoms with Gasteiger partial charge in [0.15, 0.2) is 98.6 Å². The van der Waals surface area contributed by atoms with Crippen LogP contribution in [0.4, 0.5) is 0 Å². The van der Waals surface area contributed by atoms with E-state index in [0.717, 1.165) is 96.9 Å². The van der Waals surface area contributed by atoms with Crippen LogP contribution in [0.1, 0.15) is 111 Å². The zero-order chi connectivity index (χ0) is 74.0. The first kappa shape index (κ1) is 81.6. The fourth-order valence-corrected chi connectivity index (χ4v) is 11.3. The topological polar surface area (TPSA) is 463 Å². The summed E-state index contributed by atoms with van der Waals surface area (Å²) >= 11 is 0. The zero-order valence-corrected chi connectivity index (χ0v) is 57.2. The summed E-state index contributed by atoms with van der Waals surface area (Å²) in [5.74, 6) is -14.2. The van der Waals surface area contributed by atoms with Crippen LogP contribution in [-0.4, -0.2) is 263 Å². The van der Waals surface area contributed by atoms with Gasteiger partial charge in [0.25, 0.3) is 0 Å². The maximum atomic E-state index is 14.1. The molecule has 5 rings (SSSR count). The smallest absolute Gasteiger partial charge is 0.303 e. The van der Waals surface area contributed by atoms with Crippen molar-refractivity contribution in [3.8, 4) is 0 Å². The Morgan fingerprint density at radius 2 is 0.576 bits per heavy atom. The highest BCUT2D eigenvalue weighted by molar-refractivity contribution is 5.74. The molecule has 5 fully saturated rings. The Balaban J connectivity index is 1.93. The van der Waals surface area contributed by atoms with E-state index in [1.54, 1.807) is 0 Å². The third-order valence-corrected chi connectivity index (χ3v) is 14.6. The van der Waals surface area contributed by atoms with Crippen LogP contribution in [-0.2, 0) is 176 Å². The molecule has 25 atom stereocenters. The second-order valence-corrected chi connectivity index (χ2v) is 22.9. The largest absolute Gasteiger partial charge is 0.463 e. The van der Waals surface area contributed by atoms with Crippen molar-refractivity contribution < 1.29 is 176 Å². The molecule has 0 saturated carbocycles. The quantitative estimate of drug-likeness (QED) is 0.0552. The first-order valence-corrected chi connectivity index (χ1v) is 30.9. The van der Waals surface area contributed by atoms with Gasteiger partial charge in [0.2, 0.25) is 5.91 Å². The molecule has 0 aromatic heterocycles. The van der Waals surface area contributed by atoms with Crippen LogP contribution in [0.2, 0.25) is 0 Å². The van der Waals surface area contributed by atoms with Crippen LogP contribution in [0.15, 0.2) is 12.7 Å². The van der Waals surface area contributed by atoms with E-state index in [1.807, 2.05) is 0 Å². The van der Waals surface area contributed by atoms with Crippen LogP contribution in [0.25, 0.3) is 0 Å². The number of hydrogen-bond acceptors (Lipinski definition) is 37. The van der Waals surface area contributed by atoms with Gasteiger partial charge in [0.1, 0.15) is 62.5 Å². The van der Waals surface area contributed by atoms with Crippen molar-refractivity contribution in [2.75, 3.05) is 26.4 Å². The number of carbonyl (C=O) groups is 14. The SMILES string of the molecule is C=CCO[C@@H]1OC(COC(C)=O)[C@H](OC(C)=O)[C@H](O[C@@H]2OC(COC(C)=O)[C@H](O[C@@H]3OC(COC(C)=O)[C@H](OC(C)=O)[C@H](OC(C)=O)C3O[C@@H]3OC(C)[C@H](OC(C)=O)[C@@H](OC(C)=O)C3OC(C)=O)[C@H](O[C@H]3OC(C)[C@@H](OC(C)=O)C(OC(C)=O)[C@@H]3OC(C)=O)C2NC(C)=O)C1OC(C)=O. The molecule has 0 bridgehead atoms. The summed E-state index contributed by atoms with van der Waals surface area (Å²) in [5.41, 5.74) is 0. The van der Waals surface area contributed by atoms with Gasteiger partial charge in [-0.05, 0) is 13.8 Å². The molecule has 38 heteroatoms. The molecule has 99 heavy (non-hydrogen) atoms. The second kappa shape index (κ2) is 37.4. The number of carbonyl (C=O) groups excluding carboxylic acids is 14. The summed E-state index contributed by atoms with van der Waals surface area (Å²) < 4.78 is 139. The lowest BCUT2D eigenvalue weighted by molar-refractivity contribution is -0.398. The molecule has 5 aliphatic heterocycles. The first-order chi connectivity index (χ1) is 46.4. The molecule has 0 aliphatic carbocycles. The highest BCUT2D eigenvalue weighted by atomic mass is 16.8. The lowest BCUT2D eigenvalue weighted by Gasteiger charge is -2.53. The molecule has 5 aliphatic rings. The highest BCUT2D eigenvalue weighted by Gasteiger charge is 2.62. The summed E-state index contributed by atoms with van der Waals surface area (Å²) in [5, 5.41) is 2.63. The lowest BCUT2D eigenvalue weighted by atomic mass is 9.93. The summed E-state index contributed by atoms with van der Waals surface area (Å²) in [4.78, 5) is 183. The fraction of sp³-hybridized carbons (Fsp3) is 0.738. The summed E-state index contributed by atoms with van der Waals surface area (Å²) in [6.07, 6.45) is -44.4. The molecule has 38 nitrogen and oxygen atoms in total. The number of rotatable bonds is 28. The van der Waals surface area contributed by atoms with Gasteiger partial charge in [-0.1, -0.05) is 6.08 Å². The highest BCUT2D eigenvalue weighted by Crippen LogP contribution is 2.41. The summed E-state index contributed by atoms with van der Waals surface area (Å²) in [6, 6.07) is -2.05. The molecule has 556 valence electrons. The van der Waals surface area contributed by atoms with E-state index < -0.39 is 257 Å². The van der Waals surface area contributed by atoms with Gasteiger partial charge in [-0.15, -0.1) is 6.58 Å². The number of amides is 1. The number of ether oxygens (including phenoxy) is 23. The average molecular weight is 1420 g/mol. The van der Waals surface area contributed by atoms with E-state index in [4.69, 9.17) is 109 Å². The predicted molar refractivity (Wildman–Crippen MR) is 313 cm³/mol. The van der Waals surface area contributed by atoms with E-state index in [9.17, 15) is 67.1 Å². The Kier molecular flexibility index (Phi) is 30.8. The standard InChI is InChI=1S/C61H85NO37/c1-18-19-77-58-53(90-36(15)74)52(47(86-32(11)70)40(94-58)21-79-27(6)65)98-57-42(62-25(4)63)48(97-59-54(91-37(16)75)49(87-33(12)71)43(23(2)81-59)83-29(8)67)45(39(93-57)20-78-26(5)64)96-61-56(51(89-35(14)73)46(85-31(10)69)41(95-61)22-80-28(7)66)99-60-55(92-38(17)76)50(88-34(13)72)44(24(3)82-60)84-30(9)68/h18,23-24,39-61H,1,19-22H2,2-17H3,(H,62,63)/t23?,24?,39?,40?,41?,42?,43-,44+,45+,46+,47+,48-,49?,50-,51+,52+,53?,54+,55?,56?,57+,58-,59-,60+,61+/m1/s1. The van der Waals surface area contributed by atoms with Crippen molar-refractivity contribution in [3.63, 3.8) is 0 Å². The molecule has 5 heterocycles. The van der Waals surface area contributed by atoms with Gasteiger partial charge in [0, 0.05) is 96.9 Å². The Hall–Kier alpha value is -8.08. The van der Waals surface area contributed by atoms with Crippen molar-refractivity contribution in [1.29, 1.82) is 0 Å². The van der Waals surface area contributed by atoms with Crippen molar-refractivity contribution in [1.82, 2.24) is 5.32 Å². The third kappa shape index (κ3) is 23.8. The Labute approximate surface area is 566 Å². The van der Waals surface area contributed by atoms with Crippen molar-refractivity contribution in [2.45, 2.75) is 264 Å². The average Bonchev–Trinajstić information content (AvgIpc) is 0.759. The van der Waals surface area contributed by atoms with Crippen LogP contribution in [0.5, 0.6) is 0 Å². The van der Waals surface area contributed by atoms with Crippen LogP contribution >= 0.6 is 0 Å². The van der Waals surface area contributed by atoms with Crippen LogP contribution < -0.4 is 5.32 Å². The molecule has 10 unspecified atom stereocenters. The van der Waals surface area contributed by atoms with Crippen molar-refractivity contribution in [3.05, 3.63) is 12.7 Å². The molecule has 1 amide bonds. The molecule has 5 saturated heterocycles. The molecule has 0 aromatic carbocycles. The zero-order valence-electron chi connectivity index (χ0n) is 57.2. The minimum Gasteiger partial charge on any atom is -0.463 e. The van der Waals surface area contributed by atoms with E-state index in [-0.39, 0.29) is 6.61 Å². The minimum absolute atomic E-state index is 0.328. The number of nitrogens with one attached hydrogen (secondary N) is 1. The third-order valence-electron chi connectivity index (χ3n) is 14.6. The molecule has 0 spiro atoms. The van der Waals surface area contributed by atoms with E-state index in [1.165, 1.54) is 19.9 Å². The Bertz CT molecular complexity index is 2920. The number of hydrogen-bond donors (Lipinski definition) is 1. The molecule has 0 radical (unpaired) electrons. The molecule has 1 N–H and O–H groups in total. The minimum atomic E-state index is -2.34. The molecular formula is C61H85NO37. The van der Waals surface area contributed by atoms with Gasteiger partial charge >= 0.3 is 77.6 Å². The maximum absolute atomic E-state index is 14.1. The summed E-state index contributed by atoms with van der Waals surface area (Å²) in [6.45, 7) is 17.0. The van der Waals surface area contributed by atoms with Crippen molar-refractivity contribution >= 4 is 83.5 Å². The molecular weight excluding hydrogens is 1340 g/mol. The van der Waals surface area contributed by atoms with E-state index in [0.29, 0.717) is 0 Å². The maximum Gasteiger partial charge on any atom is 0.303 e. The van der Waals surface area contributed by atoms with Crippen LogP contribution in [0.3, 0.4) is 0 Å². The first-order valence-electron chi connectivity index (χ1n) is 30.9. The van der Waals surface area contributed by atoms with Gasteiger partial charge in [-0.2, -0.15) is 0 Å². The lowest BCUT2D eigenvalue weighted by Crippen LogP contribution is -2.72. The van der Waals surface area contributed by atoms with Gasteiger partial charge in [-0.3, -0.25) is 67.1 Å². The van der Waals surface area contributed by atoms with Gasteiger partial charge < -0.3 is 114 Å². The van der Waals surface area contributed by atoms with E-state index >= 15 is 0 Å². The second-order valence-electron chi connectivity index (χ2n) is 22.9. The molecule has 0 aromatic rings. The van der Waals surface area contributed by atoms with Crippen LogP contribution in [0, 0.1) is 0 Å². The number of esters is 13. The van der Waals surface area contributed by atoms with Gasteiger partial charge in [0.05, 0.1) is 18.8 Å². The van der Waals surface area contributed by atoms with Crippen molar-refractivity contribution in [2.24, 2.45) is 0 Å². The van der Waals surface area contributed by atoms with Gasteiger partial charge in [-0.25, -0.2) is 0 Å². The monoisotopic (exact) mass is 1420 g/mol. The normalized spacial score (nSPS) is 34.1. The summed E-state index contributed by atoms with van der Waals surface area (Å²) in [7, 11) is 0. The Morgan fingerprint density at radius 1 is 0.303 bits per heavy atom. The predicted octanol–water partition coefficient (Wildman–Crippen LogP) is -1.09. The fourth-order valence-electron chi connectivity index (χ4n) is 11.3.